The maximum atomic E-state index is 12.0. The summed E-state index contributed by atoms with van der Waals surface area (Å²) in [4.78, 5) is 12.0. The fourth-order valence-corrected chi connectivity index (χ4v) is 3.24. The molecule has 0 aliphatic carbocycles. The molecule has 0 saturated carbocycles. The van der Waals surface area contributed by atoms with E-state index in [-0.39, 0.29) is 5.97 Å². The molecule has 3 nitrogen and oxygen atoms in total. The van der Waals surface area contributed by atoms with Gasteiger partial charge in [0.15, 0.2) is 0 Å². The third-order valence-corrected chi connectivity index (χ3v) is 4.17. The Kier molecular flexibility index (Phi) is 4.06. The van der Waals surface area contributed by atoms with Gasteiger partial charge in [0.25, 0.3) is 0 Å². The highest BCUT2D eigenvalue weighted by atomic mass is 32.2. The Balaban J connectivity index is 2.90. The molecule has 0 aromatic heterocycles. The lowest BCUT2D eigenvalue weighted by molar-refractivity contribution is -0.173. The number of esters is 1. The molecular weight excluding hydrogens is 212 g/mol. The zero-order chi connectivity index (χ0) is 11.5. The summed E-state index contributed by atoms with van der Waals surface area (Å²) in [6, 6.07) is 0. The quantitative estimate of drug-likeness (QED) is 0.754. The smallest absolute Gasteiger partial charge is 0.315 e. The van der Waals surface area contributed by atoms with E-state index in [0.717, 1.165) is 11.5 Å². The molecule has 1 rings (SSSR count). The van der Waals surface area contributed by atoms with Gasteiger partial charge in [-0.15, -0.1) is 0 Å². The molecular formula is C11H20O3S. The summed E-state index contributed by atoms with van der Waals surface area (Å²) in [5.41, 5.74) is -1.70. The standard InChI is InChI=1S/C11H20O3S/c1-4-14-9(12)11(10(2,3)13)5-7-15-8-6-11/h13H,4-8H2,1-3H3. The van der Waals surface area contributed by atoms with Crippen LogP contribution in [-0.2, 0) is 9.53 Å². The lowest BCUT2D eigenvalue weighted by Crippen LogP contribution is -2.52. The van der Waals surface area contributed by atoms with Crippen LogP contribution in [0.25, 0.3) is 0 Å². The monoisotopic (exact) mass is 232 g/mol. The molecule has 0 spiro atoms. The number of hydrogen-bond acceptors (Lipinski definition) is 4. The summed E-state index contributed by atoms with van der Waals surface area (Å²) < 4.78 is 5.10. The van der Waals surface area contributed by atoms with Crippen molar-refractivity contribution in [3.8, 4) is 0 Å². The second-order valence-electron chi connectivity index (χ2n) is 4.47. The van der Waals surface area contributed by atoms with Crippen LogP contribution in [-0.4, -0.2) is 34.8 Å². The number of thioether (sulfide) groups is 1. The van der Waals surface area contributed by atoms with Gasteiger partial charge >= 0.3 is 5.97 Å². The van der Waals surface area contributed by atoms with E-state index in [4.69, 9.17) is 4.74 Å². The molecule has 0 amide bonds. The molecule has 0 bridgehead atoms. The maximum absolute atomic E-state index is 12.0. The average molecular weight is 232 g/mol. The van der Waals surface area contributed by atoms with E-state index in [2.05, 4.69) is 0 Å². The van der Waals surface area contributed by atoms with Crippen molar-refractivity contribution in [2.45, 2.75) is 39.2 Å². The second-order valence-corrected chi connectivity index (χ2v) is 5.70. The van der Waals surface area contributed by atoms with E-state index in [1.165, 1.54) is 0 Å². The normalized spacial score (nSPS) is 21.1. The third kappa shape index (κ3) is 2.48. The number of carbonyl (C=O) groups excluding carboxylic acids is 1. The Bertz CT molecular complexity index is 226. The van der Waals surface area contributed by atoms with Crippen LogP contribution in [0.1, 0.15) is 33.6 Å². The molecule has 1 aliphatic heterocycles. The number of ether oxygens (including phenoxy) is 1. The average Bonchev–Trinajstić information content (AvgIpc) is 2.17. The first kappa shape index (κ1) is 12.8. The Morgan fingerprint density at radius 3 is 2.40 bits per heavy atom. The SMILES string of the molecule is CCOC(=O)C1(C(C)(C)O)CCSCC1. The highest BCUT2D eigenvalue weighted by Crippen LogP contribution is 2.44. The minimum absolute atomic E-state index is 0.238. The predicted octanol–water partition coefficient (Wildman–Crippen LogP) is 1.83. The highest BCUT2D eigenvalue weighted by molar-refractivity contribution is 7.99. The van der Waals surface area contributed by atoms with Gasteiger partial charge in [-0.3, -0.25) is 4.79 Å². The van der Waals surface area contributed by atoms with Gasteiger partial charge in [-0.1, -0.05) is 0 Å². The van der Waals surface area contributed by atoms with Gasteiger partial charge in [0.05, 0.1) is 17.6 Å². The van der Waals surface area contributed by atoms with Gasteiger partial charge in [0.1, 0.15) is 0 Å². The van der Waals surface area contributed by atoms with Gasteiger partial charge in [-0.2, -0.15) is 11.8 Å². The van der Waals surface area contributed by atoms with Gasteiger partial charge in [0.2, 0.25) is 0 Å². The molecule has 1 fully saturated rings. The van der Waals surface area contributed by atoms with Crippen molar-refractivity contribution in [3.63, 3.8) is 0 Å². The number of rotatable bonds is 3. The van der Waals surface area contributed by atoms with Gasteiger partial charge in [-0.25, -0.2) is 0 Å². The molecule has 0 atom stereocenters. The molecule has 0 aromatic rings. The lowest BCUT2D eigenvalue weighted by atomic mass is 9.69. The number of aliphatic hydroxyl groups is 1. The van der Waals surface area contributed by atoms with Crippen molar-refractivity contribution in [2.24, 2.45) is 5.41 Å². The van der Waals surface area contributed by atoms with Crippen LogP contribution >= 0.6 is 11.8 Å². The second kappa shape index (κ2) is 4.74. The first-order chi connectivity index (χ1) is 6.94. The summed E-state index contributed by atoms with van der Waals surface area (Å²) in [6.45, 7) is 5.59. The van der Waals surface area contributed by atoms with Crippen LogP contribution in [0.4, 0.5) is 0 Å². The summed E-state index contributed by atoms with van der Waals surface area (Å²) >= 11 is 1.83. The van der Waals surface area contributed by atoms with Gasteiger partial charge in [0, 0.05) is 0 Å². The summed E-state index contributed by atoms with van der Waals surface area (Å²) in [5, 5.41) is 10.2. The van der Waals surface area contributed by atoms with Crippen molar-refractivity contribution in [3.05, 3.63) is 0 Å². The van der Waals surface area contributed by atoms with Gasteiger partial charge < -0.3 is 9.84 Å². The highest BCUT2D eigenvalue weighted by Gasteiger charge is 2.51. The van der Waals surface area contributed by atoms with Crippen molar-refractivity contribution in [2.75, 3.05) is 18.1 Å². The molecule has 15 heavy (non-hydrogen) atoms. The predicted molar refractivity (Wildman–Crippen MR) is 61.9 cm³/mol. The molecule has 1 heterocycles. The van der Waals surface area contributed by atoms with Crippen molar-refractivity contribution < 1.29 is 14.6 Å². The molecule has 0 radical (unpaired) electrons. The zero-order valence-corrected chi connectivity index (χ0v) is 10.5. The summed E-state index contributed by atoms with van der Waals surface area (Å²) in [6.07, 6.45) is 1.42. The molecule has 0 unspecified atom stereocenters. The van der Waals surface area contributed by atoms with Crippen LogP contribution in [0.2, 0.25) is 0 Å². The Morgan fingerprint density at radius 2 is 2.00 bits per heavy atom. The number of carbonyl (C=O) groups is 1. The molecule has 0 aromatic carbocycles. The van der Waals surface area contributed by atoms with Crippen LogP contribution in [0.15, 0.2) is 0 Å². The Morgan fingerprint density at radius 1 is 1.47 bits per heavy atom. The van der Waals surface area contributed by atoms with Crippen LogP contribution < -0.4 is 0 Å². The third-order valence-electron chi connectivity index (χ3n) is 3.18. The lowest BCUT2D eigenvalue weighted by Gasteiger charge is -2.43. The van der Waals surface area contributed by atoms with E-state index in [1.54, 1.807) is 20.8 Å². The molecule has 88 valence electrons. The summed E-state index contributed by atoms with van der Waals surface area (Å²) in [5.74, 6) is 1.60. The molecule has 1 aliphatic rings. The molecule has 1 saturated heterocycles. The minimum atomic E-state index is -1.000. The van der Waals surface area contributed by atoms with Crippen LogP contribution in [0.5, 0.6) is 0 Å². The van der Waals surface area contributed by atoms with Crippen LogP contribution in [0.3, 0.4) is 0 Å². The van der Waals surface area contributed by atoms with E-state index in [9.17, 15) is 9.90 Å². The first-order valence-electron chi connectivity index (χ1n) is 5.41. The van der Waals surface area contributed by atoms with Gasteiger partial charge in [-0.05, 0) is 45.1 Å². The fraction of sp³-hybridized carbons (Fsp3) is 0.909. The molecule has 1 N–H and O–H groups in total. The van der Waals surface area contributed by atoms with Crippen LogP contribution in [0, 0.1) is 5.41 Å². The fourth-order valence-electron chi connectivity index (χ4n) is 2.05. The number of hydrogen-bond donors (Lipinski definition) is 1. The minimum Gasteiger partial charge on any atom is -0.465 e. The van der Waals surface area contributed by atoms with E-state index in [1.807, 2.05) is 11.8 Å². The van der Waals surface area contributed by atoms with Crippen molar-refractivity contribution >= 4 is 17.7 Å². The Hall–Kier alpha value is -0.220. The topological polar surface area (TPSA) is 46.5 Å². The van der Waals surface area contributed by atoms with E-state index >= 15 is 0 Å². The largest absolute Gasteiger partial charge is 0.465 e. The van der Waals surface area contributed by atoms with E-state index < -0.39 is 11.0 Å². The summed E-state index contributed by atoms with van der Waals surface area (Å²) in [7, 11) is 0. The maximum Gasteiger partial charge on any atom is 0.315 e. The van der Waals surface area contributed by atoms with Crippen molar-refractivity contribution in [1.82, 2.24) is 0 Å². The molecule has 4 heteroatoms. The zero-order valence-electron chi connectivity index (χ0n) is 9.71. The van der Waals surface area contributed by atoms with Crippen molar-refractivity contribution in [1.29, 1.82) is 0 Å². The van der Waals surface area contributed by atoms with E-state index in [0.29, 0.717) is 19.4 Å². The Labute approximate surface area is 95.6 Å². The first-order valence-corrected chi connectivity index (χ1v) is 6.57.